The van der Waals surface area contributed by atoms with Crippen LogP contribution in [0.3, 0.4) is 0 Å². The highest BCUT2D eigenvalue weighted by molar-refractivity contribution is 6.09. The topological polar surface area (TPSA) is 108 Å². The molecular formula is C20H26N4O4. The van der Waals surface area contributed by atoms with E-state index in [9.17, 15) is 4.79 Å². The number of benzene rings is 1. The molecular weight excluding hydrogens is 360 g/mol. The summed E-state index contributed by atoms with van der Waals surface area (Å²) < 4.78 is 6.06. The van der Waals surface area contributed by atoms with Crippen LogP contribution in [0.25, 0.3) is 10.9 Å². The fourth-order valence-electron chi connectivity index (χ4n) is 4.78. The highest BCUT2D eigenvalue weighted by Crippen LogP contribution is 2.32. The van der Waals surface area contributed by atoms with E-state index in [0.717, 1.165) is 42.5 Å². The third kappa shape index (κ3) is 3.38. The van der Waals surface area contributed by atoms with Gasteiger partial charge in [0.15, 0.2) is 0 Å². The molecule has 2 bridgehead atoms. The van der Waals surface area contributed by atoms with Crippen molar-refractivity contribution in [2.75, 3.05) is 13.6 Å². The molecule has 0 amide bonds. The van der Waals surface area contributed by atoms with Gasteiger partial charge in [0.2, 0.25) is 5.78 Å². The minimum Gasteiger partial charge on any atom is -0.490 e. The number of nitrogens with zero attached hydrogens (tertiary/aromatic N) is 2. The Morgan fingerprint density at radius 3 is 2.79 bits per heavy atom. The Kier molecular flexibility index (Phi) is 5.32. The van der Waals surface area contributed by atoms with Crippen molar-refractivity contribution in [3.63, 3.8) is 0 Å². The lowest BCUT2D eigenvalue weighted by Gasteiger charge is -2.30. The Bertz CT molecular complexity index is 859. The number of carbonyl (C=O) groups excluding carboxylic acids is 1. The number of H-pyrrole nitrogens is 1. The smallest absolute Gasteiger partial charge is 0.290 e. The lowest BCUT2D eigenvalue weighted by molar-refractivity contribution is -0.122. The number of aromatic amines is 1. The standard InChI is InChI=1S/C19H24N4O2.CH2O2/c1-23-11-8-16(20-10-11)18(23)19(24)17-14-7-6-13(9-15(14)21-22-17)25-12-4-2-3-5-12;2-1-3/h6-7,9,11-12,16,18,20H,2-5,8,10H2,1H3,(H,21,22);1H,(H,2,3)/t11-,16+,18?;/m0./s1. The fraction of sp³-hybridized carbons (Fsp3) is 0.550. The number of hydrogen-bond donors (Lipinski definition) is 3. The molecule has 0 spiro atoms. The molecule has 3 fully saturated rings. The molecule has 0 radical (unpaired) electrons. The van der Waals surface area contributed by atoms with Crippen LogP contribution in [0.15, 0.2) is 18.2 Å². The van der Waals surface area contributed by atoms with Crippen molar-refractivity contribution >= 4 is 23.2 Å². The normalized spacial score (nSPS) is 27.0. The second kappa shape index (κ2) is 7.89. The van der Waals surface area contributed by atoms with Crippen LogP contribution in [-0.2, 0) is 4.79 Å². The van der Waals surface area contributed by atoms with Gasteiger partial charge >= 0.3 is 0 Å². The van der Waals surface area contributed by atoms with Gasteiger partial charge in [0.25, 0.3) is 6.47 Å². The van der Waals surface area contributed by atoms with Gasteiger partial charge in [-0.25, -0.2) is 0 Å². The Morgan fingerprint density at radius 2 is 2.11 bits per heavy atom. The number of likely N-dealkylation sites (tertiary alicyclic amines) is 1. The number of ketones is 1. The van der Waals surface area contributed by atoms with E-state index < -0.39 is 0 Å². The second-order valence-corrected chi connectivity index (χ2v) is 7.79. The van der Waals surface area contributed by atoms with Gasteiger partial charge < -0.3 is 15.2 Å². The number of nitrogens with one attached hydrogen (secondary N) is 2. The summed E-state index contributed by atoms with van der Waals surface area (Å²) in [7, 11) is 2.05. The third-order valence-electron chi connectivity index (χ3n) is 6.18. The predicted octanol–water partition coefficient (Wildman–Crippen LogP) is 1.81. The molecule has 2 saturated heterocycles. The average molecular weight is 386 g/mol. The lowest BCUT2D eigenvalue weighted by Crippen LogP contribution is -2.53. The first-order valence-corrected chi connectivity index (χ1v) is 9.84. The Balaban J connectivity index is 0.000000604. The number of carboxylic acid groups (broad SMARTS) is 1. The molecule has 3 heterocycles. The second-order valence-electron chi connectivity index (χ2n) is 7.79. The van der Waals surface area contributed by atoms with E-state index in [1.54, 1.807) is 0 Å². The van der Waals surface area contributed by atoms with Gasteiger partial charge in [-0.05, 0) is 51.3 Å². The fourth-order valence-corrected chi connectivity index (χ4v) is 4.78. The molecule has 150 valence electrons. The Labute approximate surface area is 163 Å². The molecule has 1 unspecified atom stereocenters. The van der Waals surface area contributed by atoms with Crippen LogP contribution in [0.5, 0.6) is 5.75 Å². The van der Waals surface area contributed by atoms with E-state index in [4.69, 9.17) is 14.6 Å². The monoisotopic (exact) mass is 386 g/mol. The zero-order valence-electron chi connectivity index (χ0n) is 15.9. The number of piperazine rings is 1. The zero-order chi connectivity index (χ0) is 19.7. The molecule has 2 aliphatic heterocycles. The maximum Gasteiger partial charge on any atom is 0.290 e. The first kappa shape index (κ1) is 18.9. The number of Topliss-reactive ketones (excluding diaryl/α,β-unsaturated/α-hetero) is 1. The number of fused-ring (bicyclic) bond motifs is 3. The summed E-state index contributed by atoms with van der Waals surface area (Å²) in [5, 5.41) is 18.6. The van der Waals surface area contributed by atoms with Crippen molar-refractivity contribution in [2.45, 2.75) is 56.3 Å². The van der Waals surface area contributed by atoms with Crippen molar-refractivity contribution in [3.05, 3.63) is 23.9 Å². The van der Waals surface area contributed by atoms with Crippen LogP contribution in [0.4, 0.5) is 0 Å². The number of aromatic nitrogens is 2. The predicted molar refractivity (Wildman–Crippen MR) is 104 cm³/mol. The Morgan fingerprint density at radius 1 is 1.36 bits per heavy atom. The molecule has 1 aromatic heterocycles. The molecule has 1 aliphatic carbocycles. The van der Waals surface area contributed by atoms with Crippen LogP contribution in [0.2, 0.25) is 0 Å². The summed E-state index contributed by atoms with van der Waals surface area (Å²) in [6, 6.07) is 6.52. The summed E-state index contributed by atoms with van der Waals surface area (Å²) in [6.45, 7) is 0.730. The molecule has 5 rings (SSSR count). The van der Waals surface area contributed by atoms with E-state index in [1.807, 2.05) is 18.2 Å². The quantitative estimate of drug-likeness (QED) is 0.543. The average Bonchev–Trinajstić information content (AvgIpc) is 3.46. The SMILES string of the molecule is CN1C(C(=O)c2n[nH]c3cc(OC4CCCC4)ccc23)[C@H]2C[C@H]1CN2.O=CO. The van der Waals surface area contributed by atoms with Crippen molar-refractivity contribution < 1.29 is 19.4 Å². The van der Waals surface area contributed by atoms with Crippen LogP contribution in [0.1, 0.15) is 42.6 Å². The van der Waals surface area contributed by atoms with Crippen LogP contribution in [0, 0.1) is 0 Å². The lowest BCUT2D eigenvalue weighted by atomic mass is 10.0. The first-order valence-electron chi connectivity index (χ1n) is 9.84. The largest absolute Gasteiger partial charge is 0.490 e. The van der Waals surface area contributed by atoms with Gasteiger partial charge in [-0.15, -0.1) is 0 Å². The highest BCUT2D eigenvalue weighted by Gasteiger charge is 2.48. The van der Waals surface area contributed by atoms with E-state index >= 15 is 0 Å². The van der Waals surface area contributed by atoms with Crippen molar-refractivity contribution in [1.82, 2.24) is 20.4 Å². The third-order valence-corrected chi connectivity index (χ3v) is 6.18. The van der Waals surface area contributed by atoms with Crippen LogP contribution >= 0.6 is 0 Å². The number of rotatable bonds is 4. The molecule has 3 aliphatic rings. The van der Waals surface area contributed by atoms with Crippen molar-refractivity contribution in [1.29, 1.82) is 0 Å². The molecule has 2 aromatic rings. The van der Waals surface area contributed by atoms with Gasteiger partial charge in [0, 0.05) is 30.1 Å². The number of hydrogen-bond acceptors (Lipinski definition) is 6. The zero-order valence-corrected chi connectivity index (χ0v) is 15.9. The van der Waals surface area contributed by atoms with Crippen molar-refractivity contribution in [2.24, 2.45) is 0 Å². The molecule has 3 atom stereocenters. The minimum atomic E-state index is -0.250. The number of ether oxygens (including phenoxy) is 1. The molecule has 1 saturated carbocycles. The maximum atomic E-state index is 13.1. The van der Waals surface area contributed by atoms with Gasteiger partial charge in [0.1, 0.15) is 11.4 Å². The van der Waals surface area contributed by atoms with Gasteiger partial charge in [-0.1, -0.05) is 0 Å². The number of likely N-dealkylation sites (N-methyl/N-ethyl adjacent to an activating group) is 1. The summed E-state index contributed by atoms with van der Waals surface area (Å²) in [5.41, 5.74) is 1.42. The van der Waals surface area contributed by atoms with E-state index in [2.05, 4.69) is 27.5 Å². The first-order chi connectivity index (χ1) is 13.6. The molecule has 8 heteroatoms. The minimum absolute atomic E-state index is 0.109. The van der Waals surface area contributed by atoms with E-state index in [0.29, 0.717) is 17.8 Å². The summed E-state index contributed by atoms with van der Waals surface area (Å²) in [6.07, 6.45) is 6.15. The molecule has 28 heavy (non-hydrogen) atoms. The summed E-state index contributed by atoms with van der Waals surface area (Å²) >= 11 is 0. The Hall–Kier alpha value is -2.45. The number of carbonyl (C=O) groups is 2. The molecule has 3 N–H and O–H groups in total. The van der Waals surface area contributed by atoms with Gasteiger partial charge in [-0.2, -0.15) is 5.10 Å². The molecule has 8 nitrogen and oxygen atoms in total. The van der Waals surface area contributed by atoms with E-state index in [-0.39, 0.29) is 24.3 Å². The summed E-state index contributed by atoms with van der Waals surface area (Å²) in [4.78, 5) is 23.7. The molecule has 1 aromatic carbocycles. The maximum absolute atomic E-state index is 13.1. The van der Waals surface area contributed by atoms with Crippen LogP contribution in [-0.4, -0.2) is 70.3 Å². The van der Waals surface area contributed by atoms with Crippen molar-refractivity contribution in [3.8, 4) is 5.75 Å². The van der Waals surface area contributed by atoms with E-state index in [1.165, 1.54) is 12.8 Å². The summed E-state index contributed by atoms with van der Waals surface area (Å²) in [5.74, 6) is 0.971. The van der Waals surface area contributed by atoms with Gasteiger partial charge in [-0.3, -0.25) is 19.6 Å². The highest BCUT2D eigenvalue weighted by atomic mass is 16.5. The van der Waals surface area contributed by atoms with Gasteiger partial charge in [0.05, 0.1) is 17.7 Å². The van der Waals surface area contributed by atoms with Crippen LogP contribution < -0.4 is 10.1 Å².